The number of halogens is 2. The summed E-state index contributed by atoms with van der Waals surface area (Å²) in [4.78, 5) is 25.3. The van der Waals surface area contributed by atoms with Crippen molar-refractivity contribution in [3.8, 4) is 0 Å². The van der Waals surface area contributed by atoms with Crippen molar-refractivity contribution in [3.63, 3.8) is 0 Å². The van der Waals surface area contributed by atoms with E-state index >= 15 is 0 Å². The predicted molar refractivity (Wildman–Crippen MR) is 77.0 cm³/mol. The Morgan fingerprint density at radius 2 is 1.96 bits per heavy atom. The maximum absolute atomic E-state index is 12.8. The molecule has 2 saturated carbocycles. The van der Waals surface area contributed by atoms with Gasteiger partial charge in [-0.05, 0) is 18.3 Å². The Balaban J connectivity index is 1.53. The minimum absolute atomic E-state index is 0.00509. The standard InChI is InChI=1S/C16H23F2NO4/c1-8(23-9-5-16(17,18)6-9)4-11(20)19-7-10-12(15(10,2)3)13(19)14(21)22/h8-10,12-13H,4-7H2,1-3H3,(H,21,22)/t8-,10+,12+,13+/m1/s1. The predicted octanol–water partition coefficient (Wildman–Crippen LogP) is 2.15. The number of ether oxygens (including phenoxy) is 1. The number of fused-ring (bicyclic) bond motifs is 1. The summed E-state index contributed by atoms with van der Waals surface area (Å²) >= 11 is 0. The van der Waals surface area contributed by atoms with Crippen molar-refractivity contribution in [1.82, 2.24) is 4.90 Å². The van der Waals surface area contributed by atoms with Crippen molar-refractivity contribution in [3.05, 3.63) is 0 Å². The van der Waals surface area contributed by atoms with E-state index in [1.54, 1.807) is 6.92 Å². The van der Waals surface area contributed by atoms with Gasteiger partial charge in [0.15, 0.2) is 0 Å². The van der Waals surface area contributed by atoms with Crippen LogP contribution in [0.1, 0.15) is 40.0 Å². The summed E-state index contributed by atoms with van der Waals surface area (Å²) in [6.45, 7) is 6.19. The van der Waals surface area contributed by atoms with E-state index in [-0.39, 0.29) is 42.4 Å². The zero-order valence-corrected chi connectivity index (χ0v) is 13.6. The van der Waals surface area contributed by atoms with Crippen molar-refractivity contribution in [2.75, 3.05) is 6.54 Å². The van der Waals surface area contributed by atoms with Crippen molar-refractivity contribution in [1.29, 1.82) is 0 Å². The molecule has 1 N–H and O–H groups in total. The quantitative estimate of drug-likeness (QED) is 0.838. The molecule has 23 heavy (non-hydrogen) atoms. The highest BCUT2D eigenvalue weighted by molar-refractivity contribution is 5.86. The molecule has 3 rings (SSSR count). The second-order valence-corrected chi connectivity index (χ2v) is 7.82. The fraction of sp³-hybridized carbons (Fsp3) is 0.875. The van der Waals surface area contributed by atoms with Gasteiger partial charge in [-0.1, -0.05) is 13.8 Å². The Hall–Kier alpha value is -1.24. The fourth-order valence-electron chi connectivity index (χ4n) is 4.27. The largest absolute Gasteiger partial charge is 0.480 e. The van der Waals surface area contributed by atoms with Crippen LogP contribution in [-0.2, 0) is 14.3 Å². The summed E-state index contributed by atoms with van der Waals surface area (Å²) in [7, 11) is 0. The average Bonchev–Trinajstić information content (AvgIpc) is 2.75. The van der Waals surface area contributed by atoms with Gasteiger partial charge in [0.05, 0.1) is 18.6 Å². The highest BCUT2D eigenvalue weighted by Gasteiger charge is 2.69. The number of rotatable bonds is 5. The molecule has 0 bridgehead atoms. The summed E-state index contributed by atoms with van der Waals surface area (Å²) in [6, 6.07) is -0.775. The third-order valence-electron chi connectivity index (χ3n) is 5.72. The normalized spacial score (nSPS) is 35.3. The molecule has 0 radical (unpaired) electrons. The molecule has 0 aromatic heterocycles. The van der Waals surface area contributed by atoms with Crippen LogP contribution < -0.4 is 0 Å². The van der Waals surface area contributed by atoms with Gasteiger partial charge in [-0.15, -0.1) is 0 Å². The molecule has 5 nitrogen and oxygen atoms in total. The first-order valence-corrected chi connectivity index (χ1v) is 8.08. The molecule has 1 aliphatic heterocycles. The Morgan fingerprint density at radius 3 is 2.48 bits per heavy atom. The van der Waals surface area contributed by atoms with E-state index in [4.69, 9.17) is 4.74 Å². The molecule has 1 amide bonds. The van der Waals surface area contributed by atoms with Crippen LogP contribution in [-0.4, -0.2) is 52.6 Å². The number of hydrogen-bond acceptors (Lipinski definition) is 3. The van der Waals surface area contributed by atoms with Gasteiger partial charge in [0, 0.05) is 25.3 Å². The van der Waals surface area contributed by atoms with Gasteiger partial charge in [-0.3, -0.25) is 4.79 Å². The van der Waals surface area contributed by atoms with Gasteiger partial charge in [-0.2, -0.15) is 0 Å². The van der Waals surface area contributed by atoms with E-state index in [9.17, 15) is 23.5 Å². The number of likely N-dealkylation sites (tertiary alicyclic amines) is 1. The topological polar surface area (TPSA) is 66.8 Å². The van der Waals surface area contributed by atoms with Gasteiger partial charge in [0.1, 0.15) is 6.04 Å². The first-order chi connectivity index (χ1) is 10.5. The molecule has 4 atom stereocenters. The molecule has 3 aliphatic rings. The number of piperidine rings is 1. The number of amides is 1. The molecule has 130 valence electrons. The molecule has 0 unspecified atom stereocenters. The van der Waals surface area contributed by atoms with E-state index in [0.717, 1.165) is 0 Å². The first-order valence-electron chi connectivity index (χ1n) is 8.08. The molecule has 0 spiro atoms. The first kappa shape index (κ1) is 16.6. The van der Waals surface area contributed by atoms with Crippen LogP contribution in [0.4, 0.5) is 8.78 Å². The third-order valence-corrected chi connectivity index (χ3v) is 5.72. The zero-order chi connectivity index (χ0) is 17.2. The minimum Gasteiger partial charge on any atom is -0.480 e. The van der Waals surface area contributed by atoms with Crippen LogP contribution in [0.3, 0.4) is 0 Å². The second-order valence-electron chi connectivity index (χ2n) is 7.82. The van der Waals surface area contributed by atoms with Gasteiger partial charge in [0.25, 0.3) is 5.92 Å². The van der Waals surface area contributed by atoms with E-state index in [1.165, 1.54) is 4.90 Å². The number of carbonyl (C=O) groups is 2. The maximum atomic E-state index is 12.8. The molecular weight excluding hydrogens is 308 g/mol. The highest BCUT2D eigenvalue weighted by Crippen LogP contribution is 2.64. The van der Waals surface area contributed by atoms with Crippen molar-refractivity contribution in [2.45, 2.75) is 64.2 Å². The lowest BCUT2D eigenvalue weighted by atomic mass is 9.90. The maximum Gasteiger partial charge on any atom is 0.326 e. The molecule has 1 heterocycles. The third kappa shape index (κ3) is 2.84. The van der Waals surface area contributed by atoms with Gasteiger partial charge in [-0.25, -0.2) is 13.6 Å². The van der Waals surface area contributed by atoms with Gasteiger partial charge >= 0.3 is 5.97 Å². The molecule has 0 aromatic rings. The Labute approximate surface area is 134 Å². The minimum atomic E-state index is -2.65. The summed E-state index contributed by atoms with van der Waals surface area (Å²) < 4.78 is 31.0. The second kappa shape index (κ2) is 5.13. The van der Waals surface area contributed by atoms with E-state index in [1.807, 2.05) is 13.8 Å². The number of nitrogens with zero attached hydrogens (tertiary/aromatic N) is 1. The summed E-state index contributed by atoms with van der Waals surface area (Å²) in [5, 5.41) is 9.44. The summed E-state index contributed by atoms with van der Waals surface area (Å²) in [6.07, 6.45) is -1.56. The van der Waals surface area contributed by atoms with Crippen LogP contribution in [0.25, 0.3) is 0 Å². The molecular formula is C16H23F2NO4. The van der Waals surface area contributed by atoms with Crippen LogP contribution in [0.2, 0.25) is 0 Å². The number of carboxylic acids is 1. The smallest absolute Gasteiger partial charge is 0.326 e. The Morgan fingerprint density at radius 1 is 1.35 bits per heavy atom. The lowest BCUT2D eigenvalue weighted by Gasteiger charge is -2.36. The zero-order valence-electron chi connectivity index (χ0n) is 13.6. The van der Waals surface area contributed by atoms with Crippen molar-refractivity contribution < 1.29 is 28.2 Å². The number of carboxylic acid groups (broad SMARTS) is 1. The number of hydrogen-bond donors (Lipinski definition) is 1. The van der Waals surface area contributed by atoms with Crippen LogP contribution in [0.15, 0.2) is 0 Å². The van der Waals surface area contributed by atoms with Gasteiger partial charge < -0.3 is 14.7 Å². The molecule has 7 heteroatoms. The summed E-state index contributed by atoms with van der Waals surface area (Å²) in [5.41, 5.74) is -0.0283. The van der Waals surface area contributed by atoms with Crippen molar-refractivity contribution >= 4 is 11.9 Å². The SMILES string of the molecule is C[C@H](CC(=O)N1C[C@H]2[C@@H]([C@H]1C(=O)O)C2(C)C)OC1CC(F)(F)C1. The van der Waals surface area contributed by atoms with E-state index in [0.29, 0.717) is 6.54 Å². The van der Waals surface area contributed by atoms with Crippen molar-refractivity contribution in [2.24, 2.45) is 17.3 Å². The van der Waals surface area contributed by atoms with Crippen LogP contribution in [0.5, 0.6) is 0 Å². The summed E-state index contributed by atoms with van der Waals surface area (Å²) in [5.74, 6) is -3.65. The Bertz CT molecular complexity index is 528. The fourth-order valence-corrected chi connectivity index (χ4v) is 4.27. The number of carbonyl (C=O) groups excluding carboxylic acids is 1. The van der Waals surface area contributed by atoms with Gasteiger partial charge in [0.2, 0.25) is 5.91 Å². The van der Waals surface area contributed by atoms with Crippen LogP contribution >= 0.6 is 0 Å². The van der Waals surface area contributed by atoms with E-state index in [2.05, 4.69) is 0 Å². The lowest BCUT2D eigenvalue weighted by Crippen LogP contribution is -2.47. The Kier molecular flexibility index (Phi) is 3.70. The molecule has 1 saturated heterocycles. The molecule has 2 aliphatic carbocycles. The van der Waals surface area contributed by atoms with Crippen LogP contribution in [0, 0.1) is 17.3 Å². The average molecular weight is 331 g/mol. The van der Waals surface area contributed by atoms with E-state index < -0.39 is 30.1 Å². The molecule has 3 fully saturated rings. The lowest BCUT2D eigenvalue weighted by molar-refractivity contribution is -0.182. The number of alkyl halides is 2. The highest BCUT2D eigenvalue weighted by atomic mass is 19.3. The molecule has 0 aromatic carbocycles. The number of aliphatic carboxylic acids is 1. The monoisotopic (exact) mass is 331 g/mol.